The molecule has 44 heavy (non-hydrogen) atoms. The lowest BCUT2D eigenvalue weighted by atomic mass is 9.86. The summed E-state index contributed by atoms with van der Waals surface area (Å²) in [5.74, 6) is -0.148. The Kier molecular flexibility index (Phi) is 8.59. The number of rotatable bonds is 4. The highest BCUT2D eigenvalue weighted by Gasteiger charge is 2.48. The highest BCUT2D eigenvalue weighted by molar-refractivity contribution is 5.91. The first-order chi connectivity index (χ1) is 20.1. The van der Waals surface area contributed by atoms with Crippen molar-refractivity contribution < 1.29 is 58.6 Å². The zero-order valence-electron chi connectivity index (χ0n) is 24.0. The Hall–Kier alpha value is -3.65. The van der Waals surface area contributed by atoms with E-state index in [0.717, 1.165) is 24.1 Å². The number of benzene rings is 2. The van der Waals surface area contributed by atoms with Crippen LogP contribution in [-0.2, 0) is 34.5 Å². The minimum Gasteiger partial charge on any atom is -0.453 e. The number of amides is 2. The molecule has 2 aromatic carbocycles. The predicted molar refractivity (Wildman–Crippen MR) is 138 cm³/mol. The lowest BCUT2D eigenvalue weighted by Gasteiger charge is -2.44. The summed E-state index contributed by atoms with van der Waals surface area (Å²) in [5.41, 5.74) is -6.18. The summed E-state index contributed by atoms with van der Waals surface area (Å²) in [6.45, 7) is 3.92. The molecule has 1 saturated carbocycles. The topological polar surface area (TPSA) is 59.1 Å². The molecule has 6 nitrogen and oxygen atoms in total. The van der Waals surface area contributed by atoms with Gasteiger partial charge in [-0.05, 0) is 93.5 Å². The molecule has 4 rings (SSSR count). The SMILES string of the molecule is COC(=O)N(Cc1cc(C(F)(F)F)cc(C(F)(F)F)c1)C1CC(C2CC2)N(C(=O)OC(C)(C)C)c2ccc(C(F)(F)F)cc21. The van der Waals surface area contributed by atoms with Gasteiger partial charge in [-0.15, -0.1) is 0 Å². The van der Waals surface area contributed by atoms with Gasteiger partial charge in [-0.3, -0.25) is 9.80 Å². The molecule has 1 aliphatic carbocycles. The number of hydrogen-bond donors (Lipinski definition) is 0. The predicted octanol–water partition coefficient (Wildman–Crippen LogP) is 8.98. The van der Waals surface area contributed by atoms with E-state index in [1.807, 2.05) is 0 Å². The van der Waals surface area contributed by atoms with Crippen molar-refractivity contribution in [2.45, 2.75) is 82.8 Å². The van der Waals surface area contributed by atoms with E-state index in [2.05, 4.69) is 0 Å². The number of ether oxygens (including phenoxy) is 2. The van der Waals surface area contributed by atoms with Gasteiger partial charge in [-0.1, -0.05) is 0 Å². The Balaban J connectivity index is 1.89. The number of carbonyl (C=O) groups excluding carboxylic acids is 2. The molecule has 0 bridgehead atoms. The fraction of sp³-hybridized carbons (Fsp3) is 0.517. The summed E-state index contributed by atoms with van der Waals surface area (Å²) >= 11 is 0. The smallest absolute Gasteiger partial charge is 0.416 e. The molecular formula is C29H29F9N2O4. The summed E-state index contributed by atoms with van der Waals surface area (Å²) in [6, 6.07) is 1.27. The Morgan fingerprint density at radius 1 is 0.841 bits per heavy atom. The highest BCUT2D eigenvalue weighted by atomic mass is 19.4. The molecule has 0 radical (unpaired) electrons. The monoisotopic (exact) mass is 640 g/mol. The Bertz CT molecular complexity index is 1380. The third kappa shape index (κ3) is 7.34. The molecule has 2 unspecified atom stereocenters. The van der Waals surface area contributed by atoms with Crippen LogP contribution in [0.5, 0.6) is 0 Å². The summed E-state index contributed by atoms with van der Waals surface area (Å²) in [4.78, 5) is 28.5. The highest BCUT2D eigenvalue weighted by Crippen LogP contribution is 2.50. The van der Waals surface area contributed by atoms with Crippen molar-refractivity contribution in [2.24, 2.45) is 5.92 Å². The van der Waals surface area contributed by atoms with Gasteiger partial charge in [0, 0.05) is 12.6 Å². The van der Waals surface area contributed by atoms with Crippen molar-refractivity contribution in [3.05, 3.63) is 64.2 Å². The van der Waals surface area contributed by atoms with Crippen LogP contribution in [0.25, 0.3) is 0 Å². The van der Waals surface area contributed by atoms with E-state index in [9.17, 15) is 49.1 Å². The number of methoxy groups -OCH3 is 1. The van der Waals surface area contributed by atoms with Gasteiger partial charge in [0.25, 0.3) is 0 Å². The fourth-order valence-corrected chi connectivity index (χ4v) is 5.31. The van der Waals surface area contributed by atoms with Crippen LogP contribution in [0.4, 0.5) is 54.8 Å². The molecule has 2 aliphatic rings. The minimum atomic E-state index is -5.17. The van der Waals surface area contributed by atoms with Crippen LogP contribution in [0, 0.1) is 5.92 Å². The molecule has 2 aromatic rings. The molecule has 15 heteroatoms. The summed E-state index contributed by atoms with van der Waals surface area (Å²) < 4.78 is 133. The number of carbonyl (C=O) groups is 2. The average Bonchev–Trinajstić information content (AvgIpc) is 3.73. The lowest BCUT2D eigenvalue weighted by molar-refractivity contribution is -0.143. The fourth-order valence-electron chi connectivity index (χ4n) is 5.31. The summed E-state index contributed by atoms with van der Waals surface area (Å²) in [5, 5.41) is 0. The maximum absolute atomic E-state index is 13.8. The first-order valence-electron chi connectivity index (χ1n) is 13.5. The van der Waals surface area contributed by atoms with E-state index in [-0.39, 0.29) is 29.7 Å². The van der Waals surface area contributed by atoms with Crippen LogP contribution in [0.15, 0.2) is 36.4 Å². The third-order valence-corrected chi connectivity index (χ3v) is 7.31. The van der Waals surface area contributed by atoms with Crippen molar-refractivity contribution in [1.82, 2.24) is 4.90 Å². The standard InChI is InChI=1S/C29H29F9N2O4/c1-26(2,3)44-25(42)40-21-8-7-17(27(30,31)32)12-20(21)23(13-22(40)16-5-6-16)39(24(41)43-4)14-15-9-18(28(33,34)35)11-19(10-15)29(36,37)38/h7-12,16,22-23H,5-6,13-14H2,1-4H3. The Morgan fingerprint density at radius 2 is 1.39 bits per heavy atom. The average molecular weight is 641 g/mol. The molecule has 2 amide bonds. The van der Waals surface area contributed by atoms with E-state index >= 15 is 0 Å². The van der Waals surface area contributed by atoms with Crippen molar-refractivity contribution in [3.8, 4) is 0 Å². The van der Waals surface area contributed by atoms with Crippen LogP contribution in [0.2, 0.25) is 0 Å². The molecule has 1 heterocycles. The molecule has 0 N–H and O–H groups in total. The quantitative estimate of drug-likeness (QED) is 0.313. The number of fused-ring (bicyclic) bond motifs is 1. The van der Waals surface area contributed by atoms with Gasteiger partial charge in [0.2, 0.25) is 0 Å². The molecule has 0 saturated heterocycles. The zero-order chi connectivity index (χ0) is 33.0. The van der Waals surface area contributed by atoms with Crippen LogP contribution in [0.3, 0.4) is 0 Å². The third-order valence-electron chi connectivity index (χ3n) is 7.31. The molecule has 1 aliphatic heterocycles. The lowest BCUT2D eigenvalue weighted by Crippen LogP contribution is -2.51. The van der Waals surface area contributed by atoms with Crippen LogP contribution >= 0.6 is 0 Å². The molecule has 0 spiro atoms. The Labute approximate surface area is 246 Å². The second kappa shape index (κ2) is 11.4. The summed E-state index contributed by atoms with van der Waals surface area (Å²) in [7, 11) is 0.920. The van der Waals surface area contributed by atoms with Gasteiger partial charge < -0.3 is 9.47 Å². The van der Waals surface area contributed by atoms with Crippen LogP contribution in [0.1, 0.15) is 73.9 Å². The van der Waals surface area contributed by atoms with E-state index in [4.69, 9.17) is 9.47 Å². The normalized spacial score (nSPS) is 19.3. The first-order valence-corrected chi connectivity index (χ1v) is 13.5. The maximum atomic E-state index is 13.8. The first kappa shape index (κ1) is 33.2. The van der Waals surface area contributed by atoms with E-state index in [0.29, 0.717) is 31.0 Å². The van der Waals surface area contributed by atoms with Crippen LogP contribution in [-0.4, -0.2) is 35.8 Å². The van der Waals surface area contributed by atoms with Crippen molar-refractivity contribution >= 4 is 17.9 Å². The van der Waals surface area contributed by atoms with Gasteiger partial charge in [-0.25, -0.2) is 9.59 Å². The van der Waals surface area contributed by atoms with Crippen molar-refractivity contribution in [2.75, 3.05) is 12.0 Å². The van der Waals surface area contributed by atoms with E-state index in [1.54, 1.807) is 20.8 Å². The van der Waals surface area contributed by atoms with E-state index < -0.39 is 77.2 Å². The number of anilines is 1. The maximum Gasteiger partial charge on any atom is 0.416 e. The minimum absolute atomic E-state index is 0.0330. The van der Waals surface area contributed by atoms with Crippen LogP contribution < -0.4 is 4.90 Å². The van der Waals surface area contributed by atoms with Gasteiger partial charge in [-0.2, -0.15) is 39.5 Å². The molecule has 0 aromatic heterocycles. The van der Waals surface area contributed by atoms with Gasteiger partial charge in [0.05, 0.1) is 35.5 Å². The summed E-state index contributed by atoms with van der Waals surface area (Å²) in [6.07, 6.45) is -16.2. The second-order valence-corrected chi connectivity index (χ2v) is 11.8. The molecule has 242 valence electrons. The van der Waals surface area contributed by atoms with Crippen molar-refractivity contribution in [1.29, 1.82) is 0 Å². The van der Waals surface area contributed by atoms with E-state index in [1.165, 1.54) is 4.90 Å². The number of hydrogen-bond acceptors (Lipinski definition) is 4. The number of halogens is 9. The van der Waals surface area contributed by atoms with Gasteiger partial charge >= 0.3 is 30.7 Å². The van der Waals surface area contributed by atoms with Gasteiger partial charge in [0.15, 0.2) is 0 Å². The molecule has 1 fully saturated rings. The Morgan fingerprint density at radius 3 is 1.84 bits per heavy atom. The largest absolute Gasteiger partial charge is 0.453 e. The number of nitrogens with zero attached hydrogens (tertiary/aromatic N) is 2. The molecule has 2 atom stereocenters. The number of alkyl halides is 9. The van der Waals surface area contributed by atoms with Gasteiger partial charge in [0.1, 0.15) is 5.60 Å². The second-order valence-electron chi connectivity index (χ2n) is 11.8. The van der Waals surface area contributed by atoms with Crippen molar-refractivity contribution in [3.63, 3.8) is 0 Å². The zero-order valence-corrected chi connectivity index (χ0v) is 24.0. The molecular weight excluding hydrogens is 611 g/mol.